The first-order valence-corrected chi connectivity index (χ1v) is 11.7. The molecule has 0 bridgehead atoms. The molecule has 2 N–H and O–H groups in total. The van der Waals surface area contributed by atoms with E-state index in [9.17, 15) is 10.1 Å². The maximum absolute atomic E-state index is 13.1. The van der Waals surface area contributed by atoms with Crippen molar-refractivity contribution in [1.82, 2.24) is 5.32 Å². The number of nitrogens with one attached hydrogen (secondary N) is 1. The highest BCUT2D eigenvalue weighted by atomic mass is 35.5. The molecule has 0 saturated carbocycles. The Hall–Kier alpha value is -1.01. The van der Waals surface area contributed by atoms with Crippen molar-refractivity contribution in [3.8, 4) is 0 Å². The van der Waals surface area contributed by atoms with Gasteiger partial charge in [-0.15, -0.1) is 23.2 Å². The van der Waals surface area contributed by atoms with Crippen molar-refractivity contribution >= 4 is 34.9 Å². The van der Waals surface area contributed by atoms with Gasteiger partial charge < -0.3 is 15.1 Å². The molecular weight excluding hydrogens is 423 g/mol. The summed E-state index contributed by atoms with van der Waals surface area (Å²) in [6.45, 7) is 12.0. The van der Waals surface area contributed by atoms with E-state index in [1.807, 2.05) is 31.2 Å². The number of hydrogen-bond acceptors (Lipinski definition) is 5. The Labute approximate surface area is 191 Å². The second-order valence-corrected chi connectivity index (χ2v) is 10.4. The zero-order valence-corrected chi connectivity index (χ0v) is 20.3. The SMILES string of the molecule is CCC(C(=O)OO)(c1ccc(N(CCCl)CCCl)cc1)C1CC(C)(C)NC(C)(C)C1. The first-order chi connectivity index (χ1) is 14.0. The molecule has 1 fully saturated rings. The number of benzene rings is 1. The maximum atomic E-state index is 13.1. The summed E-state index contributed by atoms with van der Waals surface area (Å²) in [5.41, 5.74) is 0.671. The fraction of sp³-hybridized carbons (Fsp3) is 0.696. The van der Waals surface area contributed by atoms with E-state index in [1.54, 1.807) is 0 Å². The molecule has 0 radical (unpaired) electrons. The summed E-state index contributed by atoms with van der Waals surface area (Å²) >= 11 is 11.9. The number of nitrogens with zero attached hydrogens (tertiary/aromatic N) is 1. The lowest BCUT2D eigenvalue weighted by atomic mass is 9.59. The Morgan fingerprint density at radius 1 is 1.13 bits per heavy atom. The number of rotatable bonds is 9. The third-order valence-electron chi connectivity index (χ3n) is 6.35. The number of carbonyl (C=O) groups excluding carboxylic acids is 1. The highest BCUT2D eigenvalue weighted by Crippen LogP contribution is 2.47. The molecular formula is C23H36Cl2N2O3. The van der Waals surface area contributed by atoms with Crippen molar-refractivity contribution in [2.75, 3.05) is 29.7 Å². The highest BCUT2D eigenvalue weighted by Gasteiger charge is 2.53. The largest absolute Gasteiger partial charge is 0.369 e. The van der Waals surface area contributed by atoms with Crippen LogP contribution < -0.4 is 10.2 Å². The van der Waals surface area contributed by atoms with E-state index in [1.165, 1.54) is 0 Å². The third-order valence-corrected chi connectivity index (χ3v) is 6.69. The van der Waals surface area contributed by atoms with Crippen LogP contribution in [0.2, 0.25) is 0 Å². The molecule has 1 aromatic rings. The van der Waals surface area contributed by atoms with Gasteiger partial charge in [-0.25, -0.2) is 4.79 Å². The van der Waals surface area contributed by atoms with Gasteiger partial charge in [-0.05, 0) is 70.6 Å². The predicted molar refractivity (Wildman–Crippen MR) is 125 cm³/mol. The van der Waals surface area contributed by atoms with Crippen LogP contribution in [-0.4, -0.2) is 47.2 Å². The second-order valence-electron chi connectivity index (χ2n) is 9.61. The van der Waals surface area contributed by atoms with Gasteiger partial charge in [0.05, 0.1) is 5.41 Å². The van der Waals surface area contributed by atoms with Gasteiger partial charge in [0.25, 0.3) is 0 Å². The monoisotopic (exact) mass is 458 g/mol. The van der Waals surface area contributed by atoms with E-state index >= 15 is 0 Å². The molecule has 170 valence electrons. The molecule has 1 atom stereocenters. The van der Waals surface area contributed by atoms with Gasteiger partial charge in [-0.3, -0.25) is 0 Å². The molecule has 1 aromatic carbocycles. The lowest BCUT2D eigenvalue weighted by Crippen LogP contribution is -2.62. The lowest BCUT2D eigenvalue weighted by Gasteiger charge is -2.51. The van der Waals surface area contributed by atoms with Gasteiger partial charge in [-0.1, -0.05) is 19.1 Å². The summed E-state index contributed by atoms with van der Waals surface area (Å²) < 4.78 is 0. The average molecular weight is 459 g/mol. The summed E-state index contributed by atoms with van der Waals surface area (Å²) in [7, 11) is 0. The molecule has 0 aromatic heterocycles. The first kappa shape index (κ1) is 25.3. The number of carbonyl (C=O) groups is 1. The molecule has 30 heavy (non-hydrogen) atoms. The van der Waals surface area contributed by atoms with Crippen LogP contribution in [0.1, 0.15) is 59.4 Å². The molecule has 1 aliphatic rings. The molecule has 2 rings (SSSR count). The van der Waals surface area contributed by atoms with Crippen molar-refractivity contribution in [3.05, 3.63) is 29.8 Å². The quantitative estimate of drug-likeness (QED) is 0.302. The minimum Gasteiger partial charge on any atom is -0.369 e. The molecule has 7 heteroatoms. The zero-order valence-electron chi connectivity index (χ0n) is 18.8. The Morgan fingerprint density at radius 3 is 2.03 bits per heavy atom. The van der Waals surface area contributed by atoms with Crippen LogP contribution in [0.3, 0.4) is 0 Å². The van der Waals surface area contributed by atoms with Crippen LogP contribution in [0.4, 0.5) is 5.69 Å². The van der Waals surface area contributed by atoms with Crippen molar-refractivity contribution in [3.63, 3.8) is 0 Å². The van der Waals surface area contributed by atoms with E-state index in [-0.39, 0.29) is 17.0 Å². The summed E-state index contributed by atoms with van der Waals surface area (Å²) in [5, 5.41) is 13.1. The van der Waals surface area contributed by atoms with Crippen molar-refractivity contribution in [2.24, 2.45) is 5.92 Å². The van der Waals surface area contributed by atoms with E-state index in [0.29, 0.717) is 31.3 Å². The van der Waals surface area contributed by atoms with Gasteiger partial charge in [0, 0.05) is 41.6 Å². The molecule has 1 aliphatic heterocycles. The molecule has 1 heterocycles. The van der Waals surface area contributed by atoms with Gasteiger partial charge in [-0.2, -0.15) is 5.26 Å². The molecule has 0 amide bonds. The maximum Gasteiger partial charge on any atom is 0.352 e. The minimum absolute atomic E-state index is 0.0148. The molecule has 0 spiro atoms. The molecule has 5 nitrogen and oxygen atoms in total. The standard InChI is InChI=1S/C23H36Cl2N2O3/c1-6-23(20(28)30-29,18-15-21(2,3)26-22(4,5)16-18)17-7-9-19(10-8-17)27(13-11-24)14-12-25/h7-10,18,26,29H,6,11-16H2,1-5H3. The van der Waals surface area contributed by atoms with E-state index < -0.39 is 11.4 Å². The average Bonchev–Trinajstić information content (AvgIpc) is 2.66. The van der Waals surface area contributed by atoms with E-state index in [4.69, 9.17) is 23.2 Å². The predicted octanol–water partition coefficient (Wildman–Crippen LogP) is 5.19. The first-order valence-electron chi connectivity index (χ1n) is 10.7. The fourth-order valence-corrected chi connectivity index (χ4v) is 5.86. The fourth-order valence-electron chi connectivity index (χ4n) is 5.45. The number of hydrogen-bond donors (Lipinski definition) is 2. The molecule has 1 unspecified atom stereocenters. The van der Waals surface area contributed by atoms with E-state index in [2.05, 4.69) is 42.8 Å². The Kier molecular flexibility index (Phi) is 8.48. The van der Waals surface area contributed by atoms with Crippen molar-refractivity contribution < 1.29 is 14.9 Å². The Balaban J connectivity index is 2.50. The van der Waals surface area contributed by atoms with Gasteiger partial charge in [0.1, 0.15) is 0 Å². The molecule has 1 saturated heterocycles. The third kappa shape index (κ3) is 5.42. The van der Waals surface area contributed by atoms with Crippen LogP contribution >= 0.6 is 23.2 Å². The Morgan fingerprint density at radius 2 is 1.63 bits per heavy atom. The van der Waals surface area contributed by atoms with Gasteiger partial charge in [0.2, 0.25) is 0 Å². The second kappa shape index (κ2) is 10.1. The van der Waals surface area contributed by atoms with Crippen LogP contribution in [-0.2, 0) is 15.1 Å². The van der Waals surface area contributed by atoms with Crippen molar-refractivity contribution in [2.45, 2.75) is 70.4 Å². The topological polar surface area (TPSA) is 61.8 Å². The summed E-state index contributed by atoms with van der Waals surface area (Å²) in [5.74, 6) is 0.442. The number of piperidine rings is 1. The van der Waals surface area contributed by atoms with Gasteiger partial charge >= 0.3 is 5.97 Å². The van der Waals surface area contributed by atoms with E-state index in [0.717, 1.165) is 24.1 Å². The lowest BCUT2D eigenvalue weighted by molar-refractivity contribution is -0.244. The zero-order chi connectivity index (χ0) is 22.6. The van der Waals surface area contributed by atoms with Crippen LogP contribution in [0, 0.1) is 5.92 Å². The number of halogens is 2. The van der Waals surface area contributed by atoms with Crippen molar-refractivity contribution in [1.29, 1.82) is 0 Å². The summed E-state index contributed by atoms with van der Waals surface area (Å²) in [6, 6.07) is 7.96. The minimum atomic E-state index is -0.923. The molecule has 0 aliphatic carbocycles. The number of alkyl halides is 2. The normalized spacial score (nSPS) is 20.4. The highest BCUT2D eigenvalue weighted by molar-refractivity contribution is 6.18. The summed E-state index contributed by atoms with van der Waals surface area (Å²) in [6.07, 6.45) is 2.13. The summed E-state index contributed by atoms with van der Waals surface area (Å²) in [4.78, 5) is 19.6. The van der Waals surface area contributed by atoms with Gasteiger partial charge in [0.15, 0.2) is 0 Å². The van der Waals surface area contributed by atoms with Crippen LogP contribution in [0.5, 0.6) is 0 Å². The van der Waals surface area contributed by atoms with Crippen LogP contribution in [0.15, 0.2) is 24.3 Å². The van der Waals surface area contributed by atoms with Crippen LogP contribution in [0.25, 0.3) is 0 Å². The number of anilines is 1. The smallest absolute Gasteiger partial charge is 0.352 e. The Bertz CT molecular complexity index is 687.